The molecule has 1 heterocycles. The van der Waals surface area contributed by atoms with Gasteiger partial charge in [0.1, 0.15) is 6.07 Å². The SMILES string of the molecule is CC1(C)CC(Nc2ccc(N)cc2C#N)CCO1. The number of hydrogen-bond acceptors (Lipinski definition) is 4. The maximum atomic E-state index is 9.10. The Kier molecular flexibility index (Phi) is 3.44. The van der Waals surface area contributed by atoms with Crippen LogP contribution in [0.15, 0.2) is 18.2 Å². The van der Waals surface area contributed by atoms with E-state index in [1.165, 1.54) is 0 Å². The standard InChI is InChI=1S/C14H19N3O/c1-14(2)8-12(5-6-18-14)17-13-4-3-11(16)7-10(13)9-15/h3-4,7,12,17H,5-6,8,16H2,1-2H3. The van der Waals surface area contributed by atoms with Crippen LogP contribution in [-0.2, 0) is 4.74 Å². The van der Waals surface area contributed by atoms with Crippen LogP contribution in [-0.4, -0.2) is 18.2 Å². The van der Waals surface area contributed by atoms with Gasteiger partial charge >= 0.3 is 0 Å². The van der Waals surface area contributed by atoms with Crippen LogP contribution in [0.1, 0.15) is 32.3 Å². The lowest BCUT2D eigenvalue weighted by Crippen LogP contribution is -2.40. The van der Waals surface area contributed by atoms with Crippen molar-refractivity contribution in [3.8, 4) is 6.07 Å². The number of rotatable bonds is 2. The number of nitrogens with two attached hydrogens (primary N) is 1. The van der Waals surface area contributed by atoms with Crippen LogP contribution in [0.5, 0.6) is 0 Å². The fourth-order valence-corrected chi connectivity index (χ4v) is 2.36. The summed E-state index contributed by atoms with van der Waals surface area (Å²) in [7, 11) is 0. The highest BCUT2D eigenvalue weighted by atomic mass is 16.5. The molecule has 0 amide bonds. The molecule has 2 rings (SSSR count). The molecule has 1 aromatic carbocycles. The minimum atomic E-state index is -0.101. The number of nitriles is 1. The summed E-state index contributed by atoms with van der Waals surface area (Å²) in [6.45, 7) is 4.94. The van der Waals surface area contributed by atoms with Gasteiger partial charge in [0.25, 0.3) is 0 Å². The molecule has 3 N–H and O–H groups in total. The van der Waals surface area contributed by atoms with Crippen LogP contribution in [0.3, 0.4) is 0 Å². The van der Waals surface area contributed by atoms with Crippen molar-refractivity contribution in [2.75, 3.05) is 17.7 Å². The number of ether oxygens (including phenoxy) is 1. The zero-order valence-corrected chi connectivity index (χ0v) is 10.9. The summed E-state index contributed by atoms with van der Waals surface area (Å²) in [5.41, 5.74) is 7.65. The Bertz CT molecular complexity index is 476. The Labute approximate surface area is 108 Å². The monoisotopic (exact) mass is 245 g/mol. The quantitative estimate of drug-likeness (QED) is 0.785. The second kappa shape index (κ2) is 4.87. The molecular weight excluding hydrogens is 226 g/mol. The fraction of sp³-hybridized carbons (Fsp3) is 0.500. The van der Waals surface area contributed by atoms with E-state index in [1.807, 2.05) is 12.1 Å². The van der Waals surface area contributed by atoms with Gasteiger partial charge in [-0.25, -0.2) is 0 Å². The number of nitrogen functional groups attached to an aromatic ring is 1. The van der Waals surface area contributed by atoms with Gasteiger partial charge in [-0.05, 0) is 44.9 Å². The van der Waals surface area contributed by atoms with Crippen molar-refractivity contribution in [1.82, 2.24) is 0 Å². The van der Waals surface area contributed by atoms with E-state index < -0.39 is 0 Å². The van der Waals surface area contributed by atoms with E-state index in [4.69, 9.17) is 15.7 Å². The van der Waals surface area contributed by atoms with Crippen molar-refractivity contribution in [2.24, 2.45) is 0 Å². The highest BCUT2D eigenvalue weighted by Crippen LogP contribution is 2.27. The largest absolute Gasteiger partial charge is 0.399 e. The van der Waals surface area contributed by atoms with E-state index in [0.29, 0.717) is 17.3 Å². The third-order valence-electron chi connectivity index (χ3n) is 3.22. The molecule has 1 fully saturated rings. The molecule has 4 heteroatoms. The third-order valence-corrected chi connectivity index (χ3v) is 3.22. The second-order valence-electron chi connectivity index (χ2n) is 5.36. The first-order chi connectivity index (χ1) is 8.50. The van der Waals surface area contributed by atoms with Gasteiger partial charge in [-0.2, -0.15) is 5.26 Å². The maximum absolute atomic E-state index is 9.10. The second-order valence-corrected chi connectivity index (χ2v) is 5.36. The summed E-state index contributed by atoms with van der Waals surface area (Å²) < 4.78 is 5.68. The van der Waals surface area contributed by atoms with Crippen LogP contribution < -0.4 is 11.1 Å². The molecule has 96 valence electrons. The highest BCUT2D eigenvalue weighted by Gasteiger charge is 2.28. The molecule has 1 atom stereocenters. The van der Waals surface area contributed by atoms with Gasteiger partial charge in [0.15, 0.2) is 0 Å². The minimum absolute atomic E-state index is 0.101. The van der Waals surface area contributed by atoms with Crippen LogP contribution in [0.2, 0.25) is 0 Å². The van der Waals surface area contributed by atoms with Crippen molar-refractivity contribution in [3.63, 3.8) is 0 Å². The average molecular weight is 245 g/mol. The van der Waals surface area contributed by atoms with E-state index in [1.54, 1.807) is 6.07 Å². The molecule has 0 aromatic heterocycles. The summed E-state index contributed by atoms with van der Waals surface area (Å²) in [5, 5.41) is 12.5. The van der Waals surface area contributed by atoms with E-state index in [0.717, 1.165) is 25.1 Å². The molecule has 0 saturated carbocycles. The van der Waals surface area contributed by atoms with Gasteiger partial charge in [0.2, 0.25) is 0 Å². The number of nitrogens with zero attached hydrogens (tertiary/aromatic N) is 1. The predicted octanol–water partition coefficient (Wildman–Crippen LogP) is 2.51. The van der Waals surface area contributed by atoms with Crippen molar-refractivity contribution >= 4 is 11.4 Å². The fourth-order valence-electron chi connectivity index (χ4n) is 2.36. The third kappa shape index (κ3) is 2.93. The molecule has 0 radical (unpaired) electrons. The van der Waals surface area contributed by atoms with Crippen molar-refractivity contribution in [1.29, 1.82) is 5.26 Å². The Morgan fingerprint density at radius 3 is 2.94 bits per heavy atom. The smallest absolute Gasteiger partial charge is 0.101 e. The molecule has 0 aliphatic carbocycles. The molecule has 4 nitrogen and oxygen atoms in total. The number of benzene rings is 1. The summed E-state index contributed by atoms with van der Waals surface area (Å²) in [6.07, 6.45) is 1.89. The Morgan fingerprint density at radius 2 is 2.28 bits per heavy atom. The zero-order valence-electron chi connectivity index (χ0n) is 10.9. The van der Waals surface area contributed by atoms with Crippen molar-refractivity contribution in [2.45, 2.75) is 38.3 Å². The first-order valence-electron chi connectivity index (χ1n) is 6.20. The number of anilines is 2. The summed E-state index contributed by atoms with van der Waals surface area (Å²) in [5.74, 6) is 0. The van der Waals surface area contributed by atoms with Crippen molar-refractivity contribution < 1.29 is 4.74 Å². The van der Waals surface area contributed by atoms with Gasteiger partial charge < -0.3 is 15.8 Å². The zero-order chi connectivity index (χ0) is 13.2. The Hall–Kier alpha value is -1.73. The molecule has 1 aliphatic rings. The summed E-state index contributed by atoms with van der Waals surface area (Å²) >= 11 is 0. The lowest BCUT2D eigenvalue weighted by Gasteiger charge is -2.36. The molecule has 1 saturated heterocycles. The van der Waals surface area contributed by atoms with Crippen LogP contribution in [0, 0.1) is 11.3 Å². The van der Waals surface area contributed by atoms with E-state index in [2.05, 4.69) is 25.2 Å². The van der Waals surface area contributed by atoms with Crippen LogP contribution >= 0.6 is 0 Å². The van der Waals surface area contributed by atoms with Crippen molar-refractivity contribution in [3.05, 3.63) is 23.8 Å². The van der Waals surface area contributed by atoms with Gasteiger partial charge in [-0.1, -0.05) is 0 Å². The lowest BCUT2D eigenvalue weighted by atomic mass is 9.93. The molecule has 18 heavy (non-hydrogen) atoms. The van der Waals surface area contributed by atoms with Crippen LogP contribution in [0.4, 0.5) is 11.4 Å². The lowest BCUT2D eigenvalue weighted by molar-refractivity contribution is -0.0553. The molecule has 0 bridgehead atoms. The number of hydrogen-bond donors (Lipinski definition) is 2. The highest BCUT2D eigenvalue weighted by molar-refractivity contribution is 5.63. The summed E-state index contributed by atoms with van der Waals surface area (Å²) in [4.78, 5) is 0. The van der Waals surface area contributed by atoms with Gasteiger partial charge in [-0.3, -0.25) is 0 Å². The number of nitrogens with one attached hydrogen (secondary N) is 1. The summed E-state index contributed by atoms with van der Waals surface area (Å²) in [6, 6.07) is 7.90. The Morgan fingerprint density at radius 1 is 1.50 bits per heavy atom. The molecule has 1 aliphatic heterocycles. The topological polar surface area (TPSA) is 71.1 Å². The van der Waals surface area contributed by atoms with E-state index in [9.17, 15) is 0 Å². The molecule has 1 unspecified atom stereocenters. The minimum Gasteiger partial charge on any atom is -0.399 e. The van der Waals surface area contributed by atoms with Gasteiger partial charge in [0.05, 0.1) is 16.9 Å². The first-order valence-corrected chi connectivity index (χ1v) is 6.20. The predicted molar refractivity (Wildman–Crippen MR) is 72.2 cm³/mol. The average Bonchev–Trinajstić information content (AvgIpc) is 2.30. The first kappa shape index (κ1) is 12.7. The molecule has 1 aromatic rings. The van der Waals surface area contributed by atoms with Gasteiger partial charge in [-0.15, -0.1) is 0 Å². The maximum Gasteiger partial charge on any atom is 0.101 e. The molecular formula is C14H19N3O. The van der Waals surface area contributed by atoms with Crippen LogP contribution in [0.25, 0.3) is 0 Å². The van der Waals surface area contributed by atoms with E-state index in [-0.39, 0.29) is 5.60 Å². The normalized spacial score (nSPS) is 22.2. The Balaban J connectivity index is 2.12. The van der Waals surface area contributed by atoms with Gasteiger partial charge in [0, 0.05) is 18.3 Å². The molecule has 0 spiro atoms. The van der Waals surface area contributed by atoms with E-state index >= 15 is 0 Å².